The van der Waals surface area contributed by atoms with Crippen LogP contribution in [0.3, 0.4) is 0 Å². The van der Waals surface area contributed by atoms with Crippen molar-refractivity contribution in [2.45, 2.75) is 58.9 Å². The van der Waals surface area contributed by atoms with E-state index < -0.39 is 0 Å². The summed E-state index contributed by atoms with van der Waals surface area (Å²) in [5.74, 6) is 0. The molecule has 70 valence electrons. The first-order valence-electron chi connectivity index (χ1n) is 5.17. The Morgan fingerprint density at radius 2 is 2.18 bits per heavy atom. The van der Waals surface area contributed by atoms with Gasteiger partial charge in [0.25, 0.3) is 0 Å². The molecule has 1 atom stereocenters. The number of unbranched alkanes of at least 4 members (excludes halogenated alkanes) is 1. The van der Waals surface area contributed by atoms with E-state index in [9.17, 15) is 0 Å². The summed E-state index contributed by atoms with van der Waals surface area (Å²) in [6.07, 6.45) is 6.96. The molecule has 0 aliphatic carbocycles. The SMILES string of the molecule is CC.CCCCC1CCCN1.[HH]. The molecule has 0 bridgehead atoms. The molecular weight excluding hydrogens is 134 g/mol. The highest BCUT2D eigenvalue weighted by Crippen LogP contribution is 2.11. The summed E-state index contributed by atoms with van der Waals surface area (Å²) in [4.78, 5) is 0. The summed E-state index contributed by atoms with van der Waals surface area (Å²) in [6.45, 7) is 7.52. The molecule has 1 aliphatic rings. The van der Waals surface area contributed by atoms with Crippen LogP contribution in [0.4, 0.5) is 0 Å². The summed E-state index contributed by atoms with van der Waals surface area (Å²) < 4.78 is 0. The van der Waals surface area contributed by atoms with Gasteiger partial charge in [-0.15, -0.1) is 0 Å². The fourth-order valence-corrected chi connectivity index (χ4v) is 1.45. The molecule has 1 nitrogen and oxygen atoms in total. The van der Waals surface area contributed by atoms with Gasteiger partial charge in [-0.3, -0.25) is 0 Å². The number of rotatable bonds is 3. The smallest absolute Gasteiger partial charge is 0.00675 e. The molecule has 0 aromatic rings. The lowest BCUT2D eigenvalue weighted by molar-refractivity contribution is 0.532. The minimum Gasteiger partial charge on any atom is -0.314 e. The van der Waals surface area contributed by atoms with Crippen LogP contribution in [0, 0.1) is 0 Å². The van der Waals surface area contributed by atoms with Gasteiger partial charge in [0, 0.05) is 7.47 Å². The second-order valence-corrected chi connectivity index (χ2v) is 2.94. The summed E-state index contributed by atoms with van der Waals surface area (Å²) in [6, 6.07) is 0.866. The molecule has 1 aliphatic heterocycles. The largest absolute Gasteiger partial charge is 0.314 e. The van der Waals surface area contributed by atoms with Crippen molar-refractivity contribution in [1.29, 1.82) is 0 Å². The molecule has 0 saturated carbocycles. The lowest BCUT2D eigenvalue weighted by Crippen LogP contribution is -2.20. The third-order valence-corrected chi connectivity index (χ3v) is 2.07. The van der Waals surface area contributed by atoms with E-state index in [4.69, 9.17) is 0 Å². The molecule has 1 unspecified atom stereocenters. The molecule has 0 aromatic carbocycles. The third-order valence-electron chi connectivity index (χ3n) is 2.07. The number of hydrogen-bond donors (Lipinski definition) is 1. The van der Waals surface area contributed by atoms with Gasteiger partial charge in [0.2, 0.25) is 0 Å². The van der Waals surface area contributed by atoms with E-state index in [1.807, 2.05) is 13.8 Å². The molecule has 0 amide bonds. The Morgan fingerprint density at radius 3 is 2.64 bits per heavy atom. The van der Waals surface area contributed by atoms with Crippen LogP contribution in [0.5, 0.6) is 0 Å². The minimum absolute atomic E-state index is 0. The van der Waals surface area contributed by atoms with Crippen LogP contribution >= 0.6 is 0 Å². The van der Waals surface area contributed by atoms with Gasteiger partial charge in [-0.1, -0.05) is 33.6 Å². The molecule has 0 radical (unpaired) electrons. The molecule has 1 heteroatoms. The summed E-state index contributed by atoms with van der Waals surface area (Å²) in [5.41, 5.74) is 0. The average Bonchev–Trinajstić information content (AvgIpc) is 2.57. The van der Waals surface area contributed by atoms with Crippen molar-refractivity contribution in [3.63, 3.8) is 0 Å². The summed E-state index contributed by atoms with van der Waals surface area (Å²) >= 11 is 0. The molecule has 1 fully saturated rings. The van der Waals surface area contributed by atoms with Gasteiger partial charge < -0.3 is 5.32 Å². The Labute approximate surface area is 73.1 Å². The maximum Gasteiger partial charge on any atom is 0.00675 e. The van der Waals surface area contributed by atoms with Crippen molar-refractivity contribution in [1.82, 2.24) is 5.32 Å². The Balaban J connectivity index is 0. The van der Waals surface area contributed by atoms with Crippen molar-refractivity contribution in [2.24, 2.45) is 0 Å². The highest BCUT2D eigenvalue weighted by molar-refractivity contribution is 4.73. The number of nitrogens with one attached hydrogen (secondary N) is 1. The maximum atomic E-state index is 3.49. The monoisotopic (exact) mass is 159 g/mol. The quantitative estimate of drug-likeness (QED) is 0.667. The topological polar surface area (TPSA) is 12.0 Å². The Morgan fingerprint density at radius 1 is 1.45 bits per heavy atom. The van der Waals surface area contributed by atoms with Gasteiger partial charge in [0.15, 0.2) is 0 Å². The highest BCUT2D eigenvalue weighted by atomic mass is 14.9. The first-order valence-corrected chi connectivity index (χ1v) is 5.17. The second kappa shape index (κ2) is 8.06. The van der Waals surface area contributed by atoms with Crippen molar-refractivity contribution >= 4 is 0 Å². The molecule has 1 saturated heterocycles. The number of hydrogen-bond acceptors (Lipinski definition) is 1. The molecule has 1 N–H and O–H groups in total. The van der Waals surface area contributed by atoms with Crippen molar-refractivity contribution in [3.05, 3.63) is 0 Å². The Kier molecular flexibility index (Phi) is 8.03. The molecule has 0 aromatic heterocycles. The predicted molar refractivity (Wildman–Crippen MR) is 54.0 cm³/mol. The van der Waals surface area contributed by atoms with Crippen LogP contribution in [0.1, 0.15) is 54.3 Å². The average molecular weight is 159 g/mol. The van der Waals surface area contributed by atoms with Crippen LogP contribution in [0.2, 0.25) is 0 Å². The normalized spacial score (nSPS) is 22.6. The molecular formula is C10H25N. The van der Waals surface area contributed by atoms with Gasteiger partial charge in [0.05, 0.1) is 0 Å². The third kappa shape index (κ3) is 5.25. The zero-order valence-electron chi connectivity index (χ0n) is 8.32. The predicted octanol–water partition coefficient (Wildman–Crippen LogP) is 3.20. The summed E-state index contributed by atoms with van der Waals surface area (Å²) in [7, 11) is 0. The lowest BCUT2D eigenvalue weighted by atomic mass is 10.1. The zero-order valence-corrected chi connectivity index (χ0v) is 8.32. The van der Waals surface area contributed by atoms with E-state index in [2.05, 4.69) is 12.2 Å². The van der Waals surface area contributed by atoms with E-state index in [1.54, 1.807) is 0 Å². The lowest BCUT2D eigenvalue weighted by Gasteiger charge is -2.06. The summed E-state index contributed by atoms with van der Waals surface area (Å²) in [5, 5.41) is 3.49. The second-order valence-electron chi connectivity index (χ2n) is 2.94. The van der Waals surface area contributed by atoms with E-state index in [1.165, 1.54) is 38.6 Å². The van der Waals surface area contributed by atoms with Crippen LogP contribution in [-0.2, 0) is 0 Å². The fraction of sp³-hybridized carbons (Fsp3) is 1.00. The Bertz CT molecular complexity index is 70.2. The van der Waals surface area contributed by atoms with Crippen molar-refractivity contribution in [2.75, 3.05) is 6.54 Å². The van der Waals surface area contributed by atoms with E-state index in [0.29, 0.717) is 0 Å². The van der Waals surface area contributed by atoms with Crippen molar-refractivity contribution in [3.8, 4) is 0 Å². The molecule has 11 heavy (non-hydrogen) atoms. The van der Waals surface area contributed by atoms with E-state index in [-0.39, 0.29) is 1.43 Å². The Hall–Kier alpha value is -0.0400. The van der Waals surface area contributed by atoms with Crippen LogP contribution < -0.4 is 5.32 Å². The fourth-order valence-electron chi connectivity index (χ4n) is 1.45. The van der Waals surface area contributed by atoms with Crippen LogP contribution in [0.15, 0.2) is 0 Å². The molecule has 0 spiro atoms. The van der Waals surface area contributed by atoms with Gasteiger partial charge in [0.1, 0.15) is 0 Å². The van der Waals surface area contributed by atoms with Crippen molar-refractivity contribution < 1.29 is 1.43 Å². The zero-order chi connectivity index (χ0) is 8.53. The standard InChI is InChI=1S/C8H17N.C2H6.H2/c1-2-3-5-8-6-4-7-9-8;1-2;/h8-9H,2-7H2,1H3;1-2H3;1H. The minimum atomic E-state index is 0. The van der Waals surface area contributed by atoms with Crippen LogP contribution in [-0.4, -0.2) is 12.6 Å². The molecule has 1 rings (SSSR count). The van der Waals surface area contributed by atoms with Gasteiger partial charge in [-0.05, 0) is 25.8 Å². The van der Waals surface area contributed by atoms with Gasteiger partial charge in [-0.25, -0.2) is 0 Å². The highest BCUT2D eigenvalue weighted by Gasteiger charge is 2.11. The van der Waals surface area contributed by atoms with E-state index in [0.717, 1.165) is 6.04 Å². The first-order chi connectivity index (χ1) is 5.43. The van der Waals surface area contributed by atoms with Gasteiger partial charge >= 0.3 is 0 Å². The molecule has 1 heterocycles. The maximum absolute atomic E-state index is 3.49. The van der Waals surface area contributed by atoms with Crippen LogP contribution in [0.25, 0.3) is 0 Å². The van der Waals surface area contributed by atoms with E-state index >= 15 is 0 Å². The first kappa shape index (κ1) is 11.0. The van der Waals surface area contributed by atoms with Gasteiger partial charge in [-0.2, -0.15) is 0 Å².